The van der Waals surface area contributed by atoms with E-state index < -0.39 is 23.8 Å². The molecule has 2 aromatic carbocycles. The van der Waals surface area contributed by atoms with Crippen LogP contribution in [-0.4, -0.2) is 40.5 Å². The first-order valence-electron chi connectivity index (χ1n) is 14.1. The quantitative estimate of drug-likeness (QED) is 0.332. The van der Waals surface area contributed by atoms with Crippen molar-refractivity contribution in [2.75, 3.05) is 5.32 Å². The monoisotopic (exact) mass is 569 g/mol. The van der Waals surface area contributed by atoms with Crippen molar-refractivity contribution in [2.45, 2.75) is 105 Å². The number of carbonyl (C=O) groups excluding carboxylic acids is 3. The SMILES string of the molecule is Cc1cccc(C(C(=O)Nc2c(C)cccc2Cl)N(C(=O)C(CC(C)C)NC(=O)OC(C)(C)C)C2CCC2)c1C. The van der Waals surface area contributed by atoms with E-state index >= 15 is 0 Å². The van der Waals surface area contributed by atoms with Gasteiger partial charge in [-0.05, 0) is 101 Å². The number of carbonyl (C=O) groups is 3. The second-order valence-corrected chi connectivity index (χ2v) is 12.7. The minimum Gasteiger partial charge on any atom is -0.444 e. The van der Waals surface area contributed by atoms with Gasteiger partial charge in [0.2, 0.25) is 5.91 Å². The van der Waals surface area contributed by atoms with Crippen molar-refractivity contribution in [1.82, 2.24) is 10.2 Å². The first-order chi connectivity index (χ1) is 18.7. The van der Waals surface area contributed by atoms with Gasteiger partial charge in [-0.2, -0.15) is 0 Å². The van der Waals surface area contributed by atoms with Crippen molar-refractivity contribution >= 4 is 35.2 Å². The van der Waals surface area contributed by atoms with E-state index in [0.29, 0.717) is 17.1 Å². The number of amides is 3. The number of hydrogen-bond acceptors (Lipinski definition) is 4. The number of benzene rings is 2. The molecule has 0 heterocycles. The molecule has 2 N–H and O–H groups in total. The Morgan fingerprint density at radius 3 is 2.20 bits per heavy atom. The van der Waals surface area contributed by atoms with E-state index in [4.69, 9.17) is 16.3 Å². The highest BCUT2D eigenvalue weighted by Gasteiger charge is 2.42. The molecule has 8 heteroatoms. The molecule has 1 aliphatic carbocycles. The van der Waals surface area contributed by atoms with E-state index in [9.17, 15) is 14.4 Å². The van der Waals surface area contributed by atoms with Crippen LogP contribution in [0.1, 0.15) is 88.6 Å². The Labute approximate surface area is 244 Å². The predicted molar refractivity (Wildman–Crippen MR) is 161 cm³/mol. The van der Waals surface area contributed by atoms with Crippen LogP contribution in [0, 0.1) is 26.7 Å². The predicted octanol–water partition coefficient (Wildman–Crippen LogP) is 7.27. The Hall–Kier alpha value is -3.06. The van der Waals surface area contributed by atoms with E-state index in [1.807, 2.05) is 65.0 Å². The molecule has 40 heavy (non-hydrogen) atoms. The second-order valence-electron chi connectivity index (χ2n) is 12.3. The Morgan fingerprint density at radius 1 is 1.02 bits per heavy atom. The summed E-state index contributed by atoms with van der Waals surface area (Å²) in [6.07, 6.45) is 2.29. The highest BCUT2D eigenvalue weighted by molar-refractivity contribution is 6.34. The second kappa shape index (κ2) is 13.1. The minimum absolute atomic E-state index is 0.117. The van der Waals surface area contributed by atoms with Crippen LogP contribution in [0.15, 0.2) is 36.4 Å². The number of rotatable bonds is 9. The zero-order valence-corrected chi connectivity index (χ0v) is 25.8. The van der Waals surface area contributed by atoms with Crippen LogP contribution >= 0.6 is 11.6 Å². The number of para-hydroxylation sites is 1. The Balaban J connectivity index is 2.10. The molecular formula is C32H44ClN3O4. The maximum atomic E-state index is 14.5. The number of halogens is 1. The van der Waals surface area contributed by atoms with Crippen molar-refractivity contribution in [3.05, 3.63) is 63.7 Å². The van der Waals surface area contributed by atoms with Gasteiger partial charge in [0.25, 0.3) is 5.91 Å². The van der Waals surface area contributed by atoms with Gasteiger partial charge in [0, 0.05) is 6.04 Å². The summed E-state index contributed by atoms with van der Waals surface area (Å²) in [5.41, 5.74) is 3.36. The van der Waals surface area contributed by atoms with Crippen LogP contribution < -0.4 is 10.6 Å². The first kappa shape index (κ1) is 31.5. The molecule has 2 unspecified atom stereocenters. The number of ether oxygens (including phenoxy) is 1. The summed E-state index contributed by atoms with van der Waals surface area (Å²) in [4.78, 5) is 43.2. The van der Waals surface area contributed by atoms with Crippen molar-refractivity contribution < 1.29 is 19.1 Å². The highest BCUT2D eigenvalue weighted by atomic mass is 35.5. The third kappa shape index (κ3) is 7.78. The van der Waals surface area contributed by atoms with Gasteiger partial charge in [0.15, 0.2) is 0 Å². The lowest BCUT2D eigenvalue weighted by Crippen LogP contribution is -2.57. The maximum absolute atomic E-state index is 14.5. The minimum atomic E-state index is -0.913. The smallest absolute Gasteiger partial charge is 0.408 e. The third-order valence-electron chi connectivity index (χ3n) is 7.36. The van der Waals surface area contributed by atoms with Gasteiger partial charge in [-0.25, -0.2) is 4.79 Å². The molecule has 0 aromatic heterocycles. The average molecular weight is 570 g/mol. The fourth-order valence-electron chi connectivity index (χ4n) is 4.97. The molecule has 2 aromatic rings. The maximum Gasteiger partial charge on any atom is 0.408 e. The van der Waals surface area contributed by atoms with E-state index in [1.165, 1.54) is 0 Å². The summed E-state index contributed by atoms with van der Waals surface area (Å²) in [6, 6.07) is 9.36. The summed E-state index contributed by atoms with van der Waals surface area (Å²) in [5, 5.41) is 6.29. The molecule has 218 valence electrons. The van der Waals surface area contributed by atoms with Crippen LogP contribution in [-0.2, 0) is 14.3 Å². The van der Waals surface area contributed by atoms with Gasteiger partial charge in [0.1, 0.15) is 17.7 Å². The average Bonchev–Trinajstić information content (AvgIpc) is 2.80. The van der Waals surface area contributed by atoms with Crippen LogP contribution in [0.4, 0.5) is 10.5 Å². The zero-order chi connectivity index (χ0) is 29.8. The van der Waals surface area contributed by atoms with Gasteiger partial charge in [-0.15, -0.1) is 0 Å². The van der Waals surface area contributed by atoms with E-state index in [2.05, 4.69) is 10.6 Å². The summed E-state index contributed by atoms with van der Waals surface area (Å²) < 4.78 is 5.50. The van der Waals surface area contributed by atoms with Crippen molar-refractivity contribution in [3.63, 3.8) is 0 Å². The number of aryl methyl sites for hydroxylation is 2. The molecule has 3 rings (SSSR count). The number of nitrogens with zero attached hydrogens (tertiary/aromatic N) is 1. The van der Waals surface area contributed by atoms with Crippen molar-refractivity contribution in [1.29, 1.82) is 0 Å². The van der Waals surface area contributed by atoms with Gasteiger partial charge in [0.05, 0.1) is 10.7 Å². The number of alkyl carbamates (subject to hydrolysis) is 1. The summed E-state index contributed by atoms with van der Waals surface area (Å²) in [5.74, 6) is -0.516. The standard InChI is InChI=1S/C32H44ClN3O4/c1-19(2)18-26(34-31(39)40-32(6,7)8)30(38)36(23-14-11-15-23)28(24-16-9-12-20(3)22(24)5)29(37)35-27-21(4)13-10-17-25(27)33/h9-10,12-13,16-17,19,23,26,28H,11,14-15,18H2,1-8H3,(H,34,39)(H,35,37). The van der Waals surface area contributed by atoms with Gasteiger partial charge in [-0.1, -0.05) is 55.8 Å². The lowest BCUT2D eigenvalue weighted by molar-refractivity contribution is -0.146. The molecule has 1 saturated carbocycles. The van der Waals surface area contributed by atoms with E-state index in [0.717, 1.165) is 41.5 Å². The Kier molecular flexibility index (Phi) is 10.3. The molecule has 7 nitrogen and oxygen atoms in total. The van der Waals surface area contributed by atoms with E-state index in [1.54, 1.807) is 31.7 Å². The van der Waals surface area contributed by atoms with Crippen LogP contribution in [0.25, 0.3) is 0 Å². The largest absolute Gasteiger partial charge is 0.444 e. The van der Waals surface area contributed by atoms with Gasteiger partial charge in [-0.3, -0.25) is 9.59 Å². The molecule has 0 spiro atoms. The summed E-state index contributed by atoms with van der Waals surface area (Å²) in [7, 11) is 0. The fraction of sp³-hybridized carbons (Fsp3) is 0.531. The number of hydrogen-bond donors (Lipinski definition) is 2. The van der Waals surface area contributed by atoms with Gasteiger partial charge >= 0.3 is 6.09 Å². The molecule has 3 amide bonds. The molecule has 1 fully saturated rings. The molecule has 2 atom stereocenters. The molecule has 0 saturated heterocycles. The van der Waals surface area contributed by atoms with Crippen molar-refractivity contribution in [3.8, 4) is 0 Å². The Bertz CT molecular complexity index is 1210. The topological polar surface area (TPSA) is 87.7 Å². The Morgan fingerprint density at radius 2 is 1.65 bits per heavy atom. The van der Waals surface area contributed by atoms with Crippen LogP contribution in [0.3, 0.4) is 0 Å². The van der Waals surface area contributed by atoms with Crippen molar-refractivity contribution in [2.24, 2.45) is 5.92 Å². The molecule has 0 bridgehead atoms. The molecular weight excluding hydrogens is 526 g/mol. The normalized spacial score (nSPS) is 15.2. The summed E-state index contributed by atoms with van der Waals surface area (Å²) >= 11 is 6.49. The van der Waals surface area contributed by atoms with Crippen LogP contribution in [0.5, 0.6) is 0 Å². The lowest BCUT2D eigenvalue weighted by Gasteiger charge is -2.44. The molecule has 0 radical (unpaired) electrons. The van der Waals surface area contributed by atoms with Gasteiger partial charge < -0.3 is 20.3 Å². The highest BCUT2D eigenvalue weighted by Crippen LogP contribution is 2.37. The summed E-state index contributed by atoms with van der Waals surface area (Å²) in [6.45, 7) is 15.2. The zero-order valence-electron chi connectivity index (χ0n) is 25.1. The molecule has 0 aliphatic heterocycles. The number of anilines is 1. The third-order valence-corrected chi connectivity index (χ3v) is 7.67. The van der Waals surface area contributed by atoms with Crippen LogP contribution in [0.2, 0.25) is 5.02 Å². The molecule has 1 aliphatic rings. The fourth-order valence-corrected chi connectivity index (χ4v) is 5.24. The van der Waals surface area contributed by atoms with E-state index in [-0.39, 0.29) is 23.8 Å². The first-order valence-corrected chi connectivity index (χ1v) is 14.5. The lowest BCUT2D eigenvalue weighted by atomic mass is 9.86. The number of nitrogens with one attached hydrogen (secondary N) is 2.